The Morgan fingerprint density at radius 2 is 2.00 bits per heavy atom. The highest BCUT2D eigenvalue weighted by Crippen LogP contribution is 2.40. The molecule has 1 fully saturated rings. The number of thiazole rings is 1. The van der Waals surface area contributed by atoms with E-state index in [0.717, 1.165) is 15.7 Å². The summed E-state index contributed by atoms with van der Waals surface area (Å²) < 4.78 is 2.25. The summed E-state index contributed by atoms with van der Waals surface area (Å²) >= 11 is 1.77. The number of para-hydroxylation sites is 1. The number of carbonyl (C=O) groups excluding carboxylic acids is 1. The van der Waals surface area contributed by atoms with Crippen molar-refractivity contribution in [2.45, 2.75) is 45.4 Å². The zero-order chi connectivity index (χ0) is 18.3. The van der Waals surface area contributed by atoms with Gasteiger partial charge in [-0.3, -0.25) is 4.79 Å². The number of hydrogen-bond acceptors (Lipinski definition) is 3. The van der Waals surface area contributed by atoms with Gasteiger partial charge in [0.1, 0.15) is 4.83 Å². The number of unbranched alkanes of at least 4 members (excludes halogenated alkanes) is 1. The molecular formula is C21H27N3OS. The molecular weight excluding hydrogens is 342 g/mol. The van der Waals surface area contributed by atoms with Crippen LogP contribution in [0.1, 0.15) is 59.5 Å². The van der Waals surface area contributed by atoms with Crippen molar-refractivity contribution in [3.63, 3.8) is 0 Å². The molecule has 3 heterocycles. The summed E-state index contributed by atoms with van der Waals surface area (Å²) in [4.78, 5) is 17.2. The molecule has 4 nitrogen and oxygen atoms in total. The third-order valence-corrected chi connectivity index (χ3v) is 7.19. The Morgan fingerprint density at radius 1 is 1.27 bits per heavy atom. The van der Waals surface area contributed by atoms with Crippen molar-refractivity contribution in [3.8, 4) is 0 Å². The highest BCUT2D eigenvalue weighted by atomic mass is 32.1. The maximum absolute atomic E-state index is 12.1. The lowest BCUT2D eigenvalue weighted by molar-refractivity contribution is 0.100. The molecule has 1 aliphatic heterocycles. The molecule has 0 spiro atoms. The summed E-state index contributed by atoms with van der Waals surface area (Å²) in [7, 11) is 0. The van der Waals surface area contributed by atoms with E-state index in [1.54, 1.807) is 11.3 Å². The van der Waals surface area contributed by atoms with E-state index in [2.05, 4.69) is 29.2 Å². The molecule has 0 unspecified atom stereocenters. The predicted molar refractivity (Wildman–Crippen MR) is 109 cm³/mol. The average molecular weight is 370 g/mol. The third-order valence-electron chi connectivity index (χ3n) is 5.76. The number of hydrogen-bond donors (Lipinski definition) is 1. The highest BCUT2D eigenvalue weighted by Gasteiger charge is 2.27. The van der Waals surface area contributed by atoms with Gasteiger partial charge in [-0.2, -0.15) is 0 Å². The van der Waals surface area contributed by atoms with Crippen molar-refractivity contribution in [2.24, 2.45) is 5.73 Å². The molecule has 0 saturated carbocycles. The van der Waals surface area contributed by atoms with Gasteiger partial charge in [0, 0.05) is 16.0 Å². The summed E-state index contributed by atoms with van der Waals surface area (Å²) in [6.45, 7) is 8.04. The number of likely N-dealkylation sites (tertiary alicyclic amines) is 1. The summed E-state index contributed by atoms with van der Waals surface area (Å²) in [6, 6.07) is 8.09. The fourth-order valence-corrected chi connectivity index (χ4v) is 5.84. The van der Waals surface area contributed by atoms with E-state index in [1.807, 2.05) is 18.2 Å². The summed E-state index contributed by atoms with van der Waals surface area (Å²) in [5, 5.41) is 0.968. The Labute approximate surface area is 158 Å². The Bertz CT molecular complexity index is 947. The average Bonchev–Trinajstić information content (AvgIpc) is 3.15. The van der Waals surface area contributed by atoms with E-state index in [1.165, 1.54) is 55.9 Å². The largest absolute Gasteiger partial charge is 0.365 e. The monoisotopic (exact) mass is 369 g/mol. The number of primary amides is 1. The second-order valence-corrected chi connectivity index (χ2v) is 8.45. The normalized spacial score (nSPS) is 16.7. The van der Waals surface area contributed by atoms with Crippen molar-refractivity contribution in [3.05, 3.63) is 40.4 Å². The molecule has 0 atom stereocenters. The Hall–Kier alpha value is -1.85. The van der Waals surface area contributed by atoms with E-state index >= 15 is 0 Å². The molecule has 0 bridgehead atoms. The number of aryl methyl sites for hydroxylation is 1. The van der Waals surface area contributed by atoms with Crippen LogP contribution in [0, 0.1) is 6.92 Å². The predicted octanol–water partition coefficient (Wildman–Crippen LogP) is 4.54. The molecule has 1 amide bonds. The number of carbonyl (C=O) groups is 1. The molecule has 1 aromatic carbocycles. The number of benzene rings is 1. The molecule has 2 aromatic heterocycles. The Kier molecular flexibility index (Phi) is 4.76. The van der Waals surface area contributed by atoms with Crippen molar-refractivity contribution in [1.82, 2.24) is 9.30 Å². The topological polar surface area (TPSA) is 50.7 Å². The SMILES string of the molecule is CCCCN1CCC(c2sc3c(C(N)=O)c4ccccc4n3c2C)CC1. The fraction of sp³-hybridized carbons (Fsp3) is 0.476. The molecule has 2 N–H and O–H groups in total. The highest BCUT2D eigenvalue weighted by molar-refractivity contribution is 7.18. The maximum Gasteiger partial charge on any atom is 0.252 e. The number of fused-ring (bicyclic) bond motifs is 3. The van der Waals surface area contributed by atoms with Gasteiger partial charge in [0.15, 0.2) is 0 Å². The number of rotatable bonds is 5. The first-order valence-corrected chi connectivity index (χ1v) is 10.5. The van der Waals surface area contributed by atoms with Crippen molar-refractivity contribution >= 4 is 33.0 Å². The molecule has 3 aromatic rings. The van der Waals surface area contributed by atoms with Crippen LogP contribution in [0.5, 0.6) is 0 Å². The van der Waals surface area contributed by atoms with E-state index in [9.17, 15) is 4.79 Å². The van der Waals surface area contributed by atoms with Crippen LogP contribution in [0.25, 0.3) is 15.7 Å². The van der Waals surface area contributed by atoms with Gasteiger partial charge < -0.3 is 15.0 Å². The molecule has 1 saturated heterocycles. The molecule has 0 radical (unpaired) electrons. The van der Waals surface area contributed by atoms with Crippen LogP contribution in [0.2, 0.25) is 0 Å². The van der Waals surface area contributed by atoms with Crippen molar-refractivity contribution in [1.29, 1.82) is 0 Å². The number of nitrogens with zero attached hydrogens (tertiary/aromatic N) is 2. The van der Waals surface area contributed by atoms with E-state index in [0.29, 0.717) is 11.5 Å². The molecule has 1 aliphatic rings. The lowest BCUT2D eigenvalue weighted by Gasteiger charge is -2.31. The van der Waals surface area contributed by atoms with Gasteiger partial charge in [0.25, 0.3) is 5.91 Å². The first kappa shape index (κ1) is 17.6. The van der Waals surface area contributed by atoms with Crippen LogP contribution < -0.4 is 5.73 Å². The number of piperidine rings is 1. The van der Waals surface area contributed by atoms with E-state index in [-0.39, 0.29) is 5.91 Å². The number of nitrogens with two attached hydrogens (primary N) is 1. The zero-order valence-electron chi connectivity index (χ0n) is 15.6. The minimum atomic E-state index is -0.328. The summed E-state index contributed by atoms with van der Waals surface area (Å²) in [5.74, 6) is 0.267. The quantitative estimate of drug-likeness (QED) is 0.718. The Balaban J connectivity index is 1.71. The van der Waals surface area contributed by atoms with Gasteiger partial charge in [0.2, 0.25) is 0 Å². The molecule has 26 heavy (non-hydrogen) atoms. The van der Waals surface area contributed by atoms with E-state index in [4.69, 9.17) is 5.73 Å². The first-order valence-electron chi connectivity index (χ1n) is 9.66. The minimum absolute atomic E-state index is 0.328. The lowest BCUT2D eigenvalue weighted by Crippen LogP contribution is -2.33. The lowest BCUT2D eigenvalue weighted by atomic mass is 9.94. The van der Waals surface area contributed by atoms with Gasteiger partial charge in [-0.15, -0.1) is 11.3 Å². The van der Waals surface area contributed by atoms with Crippen molar-refractivity contribution < 1.29 is 4.79 Å². The van der Waals surface area contributed by atoms with Gasteiger partial charge in [0.05, 0.1) is 11.1 Å². The zero-order valence-corrected chi connectivity index (χ0v) is 16.4. The third kappa shape index (κ3) is 2.83. The van der Waals surface area contributed by atoms with Crippen molar-refractivity contribution in [2.75, 3.05) is 19.6 Å². The van der Waals surface area contributed by atoms with Crippen LogP contribution in [0.4, 0.5) is 0 Å². The van der Waals surface area contributed by atoms with Gasteiger partial charge in [-0.05, 0) is 57.8 Å². The van der Waals surface area contributed by atoms with Gasteiger partial charge in [-0.1, -0.05) is 31.5 Å². The van der Waals surface area contributed by atoms with E-state index < -0.39 is 0 Å². The number of aromatic nitrogens is 1. The summed E-state index contributed by atoms with van der Waals surface area (Å²) in [5.41, 5.74) is 8.79. The van der Waals surface area contributed by atoms with Gasteiger partial charge in [-0.25, -0.2) is 0 Å². The Morgan fingerprint density at radius 3 is 2.69 bits per heavy atom. The second kappa shape index (κ2) is 7.05. The maximum atomic E-state index is 12.1. The van der Waals surface area contributed by atoms with Crippen LogP contribution in [0.3, 0.4) is 0 Å². The molecule has 0 aliphatic carbocycles. The van der Waals surface area contributed by atoms with Crippen LogP contribution in [-0.2, 0) is 0 Å². The van der Waals surface area contributed by atoms with Crippen LogP contribution in [0.15, 0.2) is 24.3 Å². The van der Waals surface area contributed by atoms with Crippen LogP contribution in [-0.4, -0.2) is 34.8 Å². The molecule has 5 heteroatoms. The minimum Gasteiger partial charge on any atom is -0.365 e. The fourth-order valence-electron chi connectivity index (χ4n) is 4.35. The molecule has 138 valence electrons. The standard InChI is InChI=1S/C21H27N3OS/c1-3-4-11-23-12-9-15(10-13-23)19-14(2)24-17-8-6-5-7-16(17)18(20(22)25)21(24)26-19/h5-8,15H,3-4,9-13H2,1-2H3,(H2,22,25). The molecule has 4 rings (SSSR count). The number of amides is 1. The van der Waals surface area contributed by atoms with Crippen LogP contribution >= 0.6 is 11.3 Å². The van der Waals surface area contributed by atoms with Gasteiger partial charge >= 0.3 is 0 Å². The smallest absolute Gasteiger partial charge is 0.252 e. The summed E-state index contributed by atoms with van der Waals surface area (Å²) in [6.07, 6.45) is 4.97. The second-order valence-electron chi connectivity index (χ2n) is 7.42. The first-order chi connectivity index (χ1) is 12.6.